The second kappa shape index (κ2) is 54.7. The van der Waals surface area contributed by atoms with Gasteiger partial charge in [-0.1, -0.05) is 39.0 Å². The van der Waals surface area contributed by atoms with Crippen LogP contribution in [-0.4, -0.2) is 19.9 Å². The normalized spacial score (nSPS) is 6.18. The summed E-state index contributed by atoms with van der Waals surface area (Å²) in [5.74, 6) is 0. The van der Waals surface area contributed by atoms with Crippen molar-refractivity contribution in [3.8, 4) is 0 Å². The van der Waals surface area contributed by atoms with Crippen LogP contribution in [0.5, 0.6) is 0 Å². The Morgan fingerprint density at radius 1 is 0.765 bits per heavy atom. The number of hydrogen-bond acceptors (Lipinski definition) is 3. The summed E-state index contributed by atoms with van der Waals surface area (Å²) in [6, 6.07) is 0. The Labute approximate surface area is 137 Å². The minimum Gasteiger partial charge on any atom is -0.545 e. The van der Waals surface area contributed by atoms with Gasteiger partial charge in [0.1, 0.15) is 6.29 Å². The largest absolute Gasteiger partial charge is 0.545 e. The van der Waals surface area contributed by atoms with Gasteiger partial charge < -0.3 is 14.4 Å². The zero-order valence-electron chi connectivity index (χ0n) is 9.97. The maximum Gasteiger partial charge on any atom is 0.119 e. The van der Waals surface area contributed by atoms with Gasteiger partial charge in [-0.3, -0.25) is 13.6 Å². The van der Waals surface area contributed by atoms with Crippen LogP contribution >= 0.6 is 0 Å². The van der Waals surface area contributed by atoms with E-state index in [0.717, 1.165) is 19.1 Å². The molecule has 0 unspecified atom stereocenters. The fourth-order valence-corrected chi connectivity index (χ4v) is 1.01. The van der Waals surface area contributed by atoms with E-state index in [1.165, 1.54) is 32.1 Å². The summed E-state index contributed by atoms with van der Waals surface area (Å²) >= 11 is 0. The number of aldehydes is 1. The summed E-state index contributed by atoms with van der Waals surface area (Å²) in [4.78, 5) is 25.4. The van der Waals surface area contributed by atoms with Crippen molar-refractivity contribution in [2.24, 2.45) is 0 Å². The van der Waals surface area contributed by atoms with Crippen LogP contribution in [0.4, 0.5) is 0 Å². The molecule has 17 heavy (non-hydrogen) atoms. The molecule has 108 valence electrons. The fraction of sp³-hybridized carbons (Fsp3) is 0.727. The Hall–Kier alpha value is 0.568. The van der Waals surface area contributed by atoms with E-state index >= 15 is 0 Å². The van der Waals surface area contributed by atoms with Gasteiger partial charge in [-0.05, 0) is 6.42 Å². The molecule has 0 fully saturated rings. The smallest absolute Gasteiger partial charge is 0.119 e. The molecule has 0 aliphatic rings. The summed E-state index contributed by atoms with van der Waals surface area (Å²) < 4.78 is 0. The van der Waals surface area contributed by atoms with Gasteiger partial charge >= 0.3 is 0 Å². The van der Waals surface area contributed by atoms with E-state index in [4.69, 9.17) is 9.59 Å². The van der Waals surface area contributed by atoms with Gasteiger partial charge in [0.25, 0.3) is 0 Å². The van der Waals surface area contributed by atoms with E-state index in [2.05, 4.69) is 20.5 Å². The number of carbonyl (C=O) groups is 1. The molecule has 0 atom stereocenters. The zero-order valence-corrected chi connectivity index (χ0v) is 13.3. The molecule has 0 bridgehead atoms. The number of hydrogen-bond donors (Lipinski definition) is 0. The monoisotopic (exact) mass is 368 g/mol. The van der Waals surface area contributed by atoms with E-state index in [0.29, 0.717) is 0 Å². The molecule has 0 rings (SSSR count). The topological polar surface area (TPSA) is 51.2 Å². The maximum atomic E-state index is 9.89. The molecule has 0 spiro atoms. The predicted molar refractivity (Wildman–Crippen MR) is 57.6 cm³/mol. The van der Waals surface area contributed by atoms with Crippen molar-refractivity contribution in [1.82, 2.24) is 0 Å². The van der Waals surface area contributed by atoms with Crippen molar-refractivity contribution in [1.29, 1.82) is 0 Å². The molecule has 0 radical (unpaired) electrons. The van der Waals surface area contributed by atoms with Crippen LogP contribution in [0.25, 0.3) is 0 Å². The van der Waals surface area contributed by atoms with Gasteiger partial charge in [-0.2, -0.15) is 0 Å². The van der Waals surface area contributed by atoms with Crippen LogP contribution < -0.4 is 0 Å². The Morgan fingerprint density at radius 3 is 1.47 bits per heavy atom. The van der Waals surface area contributed by atoms with Crippen LogP contribution in [0.3, 0.4) is 0 Å². The number of rotatable bonds is 7. The molecule has 0 aliphatic heterocycles. The third-order valence-electron chi connectivity index (χ3n) is 1.68. The van der Waals surface area contributed by atoms with Gasteiger partial charge in [-0.15, -0.1) is 0 Å². The van der Waals surface area contributed by atoms with Gasteiger partial charge in [0.2, 0.25) is 0 Å². The Kier molecular flexibility index (Phi) is 116. The molecule has 0 N–H and O–H groups in total. The third-order valence-corrected chi connectivity index (χ3v) is 1.68. The van der Waals surface area contributed by atoms with E-state index in [9.17, 15) is 4.79 Å². The second-order valence-electron chi connectivity index (χ2n) is 2.72. The van der Waals surface area contributed by atoms with Crippen LogP contribution in [0.15, 0.2) is 0 Å². The molecular weight excluding hydrogens is 348 g/mol. The fourth-order valence-electron chi connectivity index (χ4n) is 1.01. The van der Waals surface area contributed by atoms with Gasteiger partial charge in [0, 0.05) is 57.6 Å². The maximum absolute atomic E-state index is 9.89. The first-order valence-corrected chi connectivity index (χ1v) is 4.82. The van der Waals surface area contributed by atoms with Crippen LogP contribution in [0.1, 0.15) is 51.9 Å². The molecule has 0 aromatic carbocycles. The molecule has 6 heteroatoms. The van der Waals surface area contributed by atoms with E-state index in [1.807, 2.05) is 0 Å². The quantitative estimate of drug-likeness (QED) is 0.300. The Morgan fingerprint density at radius 2 is 1.12 bits per heavy atom. The standard InChI is InChI=1S/C9H18O.2CHO.3Fe/c1-2-3-4-5-6-7-8-9-10;2*1-2;;;/h9H,2-8H2,1H3;2*1H;;;/q;2*-1;;;. The summed E-state index contributed by atoms with van der Waals surface area (Å²) in [7, 11) is 0. The molecule has 0 aromatic rings. The summed E-state index contributed by atoms with van der Waals surface area (Å²) in [5, 5.41) is 0. The minimum atomic E-state index is 0. The molecule has 0 aromatic heterocycles. The predicted octanol–water partition coefficient (Wildman–Crippen LogP) is 2.38. The summed E-state index contributed by atoms with van der Waals surface area (Å²) in [5.41, 5.74) is 0. The summed E-state index contributed by atoms with van der Waals surface area (Å²) in [6.45, 7) is 8.71. The molecule has 0 heterocycles. The Bertz CT molecular complexity index is 104. The molecule has 0 aliphatic carbocycles. The van der Waals surface area contributed by atoms with Crippen LogP contribution in [-0.2, 0) is 65.6 Å². The molecular formula is C11H20Fe3O3-2. The van der Waals surface area contributed by atoms with Crippen molar-refractivity contribution < 1.29 is 65.6 Å². The SMILES string of the molecule is CCCCCCCCC=O.[CH-]=O.[CH-]=O.[Fe].[Fe].[Fe]. The number of unbranched alkanes of at least 4 members (excludes halogenated alkanes) is 6. The van der Waals surface area contributed by atoms with Crippen molar-refractivity contribution in [2.75, 3.05) is 0 Å². The first-order chi connectivity index (χ1) is 6.91. The van der Waals surface area contributed by atoms with E-state index in [1.54, 1.807) is 0 Å². The van der Waals surface area contributed by atoms with Crippen molar-refractivity contribution in [3.63, 3.8) is 0 Å². The summed E-state index contributed by atoms with van der Waals surface area (Å²) in [6.07, 6.45) is 9.39. The third kappa shape index (κ3) is 61.4. The van der Waals surface area contributed by atoms with Gasteiger partial charge in [-0.25, -0.2) is 0 Å². The second-order valence-corrected chi connectivity index (χ2v) is 2.72. The molecule has 0 saturated heterocycles. The van der Waals surface area contributed by atoms with Gasteiger partial charge in [0.15, 0.2) is 0 Å². The van der Waals surface area contributed by atoms with Crippen molar-refractivity contribution in [3.05, 3.63) is 0 Å². The van der Waals surface area contributed by atoms with Crippen molar-refractivity contribution >= 4 is 19.9 Å². The first-order valence-electron chi connectivity index (χ1n) is 4.82. The zero-order chi connectivity index (χ0) is 11.7. The van der Waals surface area contributed by atoms with Crippen molar-refractivity contribution in [2.45, 2.75) is 51.9 Å². The number of carbonyl (C=O) groups excluding carboxylic acids is 3. The first kappa shape index (κ1) is 36.0. The van der Waals surface area contributed by atoms with E-state index in [-0.39, 0.29) is 51.2 Å². The van der Waals surface area contributed by atoms with Crippen LogP contribution in [0.2, 0.25) is 0 Å². The van der Waals surface area contributed by atoms with Crippen LogP contribution in [0, 0.1) is 0 Å². The average molecular weight is 368 g/mol. The molecule has 0 saturated carbocycles. The minimum absolute atomic E-state index is 0. The Balaban J connectivity index is -0.0000000390. The van der Waals surface area contributed by atoms with E-state index < -0.39 is 0 Å². The average Bonchev–Trinajstić information content (AvgIpc) is 2.29. The molecule has 3 nitrogen and oxygen atoms in total. The molecule has 0 amide bonds. The van der Waals surface area contributed by atoms with Gasteiger partial charge in [0.05, 0.1) is 0 Å².